The second kappa shape index (κ2) is 4.12. The summed E-state index contributed by atoms with van der Waals surface area (Å²) in [5.41, 5.74) is -0.122. The second-order valence-corrected chi connectivity index (χ2v) is 5.49. The van der Waals surface area contributed by atoms with Crippen molar-refractivity contribution in [3.8, 4) is 0 Å². The van der Waals surface area contributed by atoms with E-state index in [0.29, 0.717) is 0 Å². The van der Waals surface area contributed by atoms with Gasteiger partial charge in [-0.3, -0.25) is 4.79 Å². The zero-order valence-corrected chi connectivity index (χ0v) is 9.81. The van der Waals surface area contributed by atoms with Crippen LogP contribution in [0.4, 0.5) is 0 Å². The van der Waals surface area contributed by atoms with Crippen LogP contribution in [0, 0.1) is 17.3 Å². The van der Waals surface area contributed by atoms with Gasteiger partial charge in [0.1, 0.15) is 0 Å². The summed E-state index contributed by atoms with van der Waals surface area (Å²) in [5.74, 6) is 1.84. The lowest BCUT2D eigenvalue weighted by atomic mass is 9.80. The highest BCUT2D eigenvalue weighted by Crippen LogP contribution is 2.37. The Morgan fingerprint density at radius 1 is 1.47 bits per heavy atom. The molecule has 86 valence electrons. The van der Waals surface area contributed by atoms with Gasteiger partial charge in [0.2, 0.25) is 5.91 Å². The predicted octanol–water partition coefficient (Wildman–Crippen LogP) is 1.15. The molecule has 3 heteroatoms. The maximum atomic E-state index is 12.0. The first-order valence-electron chi connectivity index (χ1n) is 6.11. The maximum Gasteiger partial charge on any atom is 0.226 e. The molecular weight excluding hydrogens is 188 g/mol. The van der Waals surface area contributed by atoms with Crippen LogP contribution in [0.15, 0.2) is 0 Å². The largest absolute Gasteiger partial charge is 0.355 e. The molecule has 0 aromatic heterocycles. The Morgan fingerprint density at radius 2 is 2.07 bits per heavy atom. The Labute approximate surface area is 92.0 Å². The van der Waals surface area contributed by atoms with Gasteiger partial charge in [-0.1, -0.05) is 13.8 Å². The molecule has 15 heavy (non-hydrogen) atoms. The number of carbonyl (C=O) groups excluding carboxylic acids is 1. The van der Waals surface area contributed by atoms with E-state index in [1.165, 1.54) is 6.42 Å². The van der Waals surface area contributed by atoms with Crippen molar-refractivity contribution in [2.24, 2.45) is 17.3 Å². The minimum Gasteiger partial charge on any atom is -0.355 e. The Balaban J connectivity index is 1.78. The summed E-state index contributed by atoms with van der Waals surface area (Å²) in [6.45, 7) is 7.19. The predicted molar refractivity (Wildman–Crippen MR) is 60.5 cm³/mol. The summed E-state index contributed by atoms with van der Waals surface area (Å²) in [6.07, 6.45) is 3.23. The fourth-order valence-electron chi connectivity index (χ4n) is 2.33. The third kappa shape index (κ3) is 2.51. The van der Waals surface area contributed by atoms with Gasteiger partial charge < -0.3 is 10.6 Å². The van der Waals surface area contributed by atoms with Crippen molar-refractivity contribution in [2.45, 2.75) is 33.1 Å². The average Bonchev–Trinajstić information content (AvgIpc) is 2.92. The molecule has 2 rings (SSSR count). The molecule has 1 heterocycles. The minimum absolute atomic E-state index is 0.122. The monoisotopic (exact) mass is 210 g/mol. The summed E-state index contributed by atoms with van der Waals surface area (Å²) in [4.78, 5) is 12.0. The van der Waals surface area contributed by atoms with Gasteiger partial charge in [-0.15, -0.1) is 0 Å². The molecule has 1 saturated carbocycles. The van der Waals surface area contributed by atoms with E-state index >= 15 is 0 Å². The molecule has 2 unspecified atom stereocenters. The smallest absolute Gasteiger partial charge is 0.226 e. The number of hydrogen-bond acceptors (Lipinski definition) is 2. The van der Waals surface area contributed by atoms with Crippen LogP contribution in [-0.4, -0.2) is 25.5 Å². The standard InChI is InChI=1S/C12H22N2O/c1-9-7-10(9)8-14-11(15)12(2)3-5-13-6-4-12/h9-10,13H,3-8H2,1-2H3,(H,14,15). The molecule has 1 aliphatic carbocycles. The first-order chi connectivity index (χ1) is 7.12. The topological polar surface area (TPSA) is 41.1 Å². The molecule has 0 bridgehead atoms. The van der Waals surface area contributed by atoms with Crippen LogP contribution in [0.25, 0.3) is 0 Å². The number of hydrogen-bond donors (Lipinski definition) is 2. The minimum atomic E-state index is -0.122. The molecule has 2 fully saturated rings. The van der Waals surface area contributed by atoms with Crippen molar-refractivity contribution in [1.82, 2.24) is 10.6 Å². The lowest BCUT2D eigenvalue weighted by Crippen LogP contribution is -2.46. The molecule has 0 spiro atoms. The third-order valence-corrected chi connectivity index (χ3v) is 4.06. The molecule has 2 N–H and O–H groups in total. The molecule has 0 aromatic carbocycles. The lowest BCUT2D eigenvalue weighted by Gasteiger charge is -2.32. The molecule has 1 saturated heterocycles. The van der Waals surface area contributed by atoms with Gasteiger partial charge in [0.15, 0.2) is 0 Å². The molecular formula is C12H22N2O. The van der Waals surface area contributed by atoms with E-state index in [2.05, 4.69) is 24.5 Å². The average molecular weight is 210 g/mol. The van der Waals surface area contributed by atoms with Gasteiger partial charge in [0.25, 0.3) is 0 Å². The van der Waals surface area contributed by atoms with Crippen LogP contribution in [0.5, 0.6) is 0 Å². The Bertz CT molecular complexity index is 246. The van der Waals surface area contributed by atoms with E-state index < -0.39 is 0 Å². The molecule has 2 atom stereocenters. The Hall–Kier alpha value is -0.570. The molecule has 3 nitrogen and oxygen atoms in total. The number of piperidine rings is 1. The van der Waals surface area contributed by atoms with Gasteiger partial charge in [-0.25, -0.2) is 0 Å². The van der Waals surface area contributed by atoms with Crippen molar-refractivity contribution >= 4 is 5.91 Å². The zero-order chi connectivity index (χ0) is 10.9. The van der Waals surface area contributed by atoms with Gasteiger partial charge in [0, 0.05) is 12.0 Å². The fraction of sp³-hybridized carbons (Fsp3) is 0.917. The number of amides is 1. The molecule has 2 aliphatic rings. The van der Waals surface area contributed by atoms with Crippen LogP contribution in [0.2, 0.25) is 0 Å². The molecule has 0 aromatic rings. The van der Waals surface area contributed by atoms with E-state index in [-0.39, 0.29) is 11.3 Å². The SMILES string of the molecule is CC1CC1CNC(=O)C1(C)CCNCC1. The summed E-state index contributed by atoms with van der Waals surface area (Å²) in [5, 5.41) is 6.42. The fourth-order valence-corrected chi connectivity index (χ4v) is 2.33. The van der Waals surface area contributed by atoms with Gasteiger partial charge in [-0.2, -0.15) is 0 Å². The lowest BCUT2D eigenvalue weighted by molar-refractivity contribution is -0.131. The van der Waals surface area contributed by atoms with E-state index in [4.69, 9.17) is 0 Å². The summed E-state index contributed by atoms with van der Waals surface area (Å²) in [7, 11) is 0. The molecule has 1 amide bonds. The van der Waals surface area contributed by atoms with Crippen LogP contribution in [0.1, 0.15) is 33.1 Å². The quantitative estimate of drug-likeness (QED) is 0.733. The van der Waals surface area contributed by atoms with Crippen LogP contribution in [0.3, 0.4) is 0 Å². The Kier molecular flexibility index (Phi) is 3.01. The van der Waals surface area contributed by atoms with Crippen molar-refractivity contribution in [3.05, 3.63) is 0 Å². The molecule has 1 aliphatic heterocycles. The van der Waals surface area contributed by atoms with Crippen LogP contribution >= 0.6 is 0 Å². The van der Waals surface area contributed by atoms with Crippen molar-refractivity contribution < 1.29 is 4.79 Å². The summed E-state index contributed by atoms with van der Waals surface area (Å²) >= 11 is 0. The van der Waals surface area contributed by atoms with Gasteiger partial charge in [-0.05, 0) is 44.2 Å². The third-order valence-electron chi connectivity index (χ3n) is 4.06. The van der Waals surface area contributed by atoms with E-state index in [0.717, 1.165) is 44.3 Å². The Morgan fingerprint density at radius 3 is 2.60 bits per heavy atom. The number of carbonyl (C=O) groups is 1. The zero-order valence-electron chi connectivity index (χ0n) is 9.81. The highest BCUT2D eigenvalue weighted by atomic mass is 16.2. The van der Waals surface area contributed by atoms with Crippen molar-refractivity contribution in [2.75, 3.05) is 19.6 Å². The molecule has 0 radical (unpaired) electrons. The summed E-state index contributed by atoms with van der Waals surface area (Å²) < 4.78 is 0. The summed E-state index contributed by atoms with van der Waals surface area (Å²) in [6, 6.07) is 0. The number of nitrogens with one attached hydrogen (secondary N) is 2. The van der Waals surface area contributed by atoms with E-state index in [1.54, 1.807) is 0 Å². The van der Waals surface area contributed by atoms with E-state index in [9.17, 15) is 4.79 Å². The van der Waals surface area contributed by atoms with Crippen LogP contribution in [-0.2, 0) is 4.79 Å². The maximum absolute atomic E-state index is 12.0. The van der Waals surface area contributed by atoms with Crippen molar-refractivity contribution in [3.63, 3.8) is 0 Å². The normalized spacial score (nSPS) is 33.5. The number of rotatable bonds is 3. The first kappa shape index (κ1) is 10.9. The second-order valence-electron chi connectivity index (χ2n) is 5.49. The van der Waals surface area contributed by atoms with Crippen molar-refractivity contribution in [1.29, 1.82) is 0 Å². The highest BCUT2D eigenvalue weighted by Gasteiger charge is 2.37. The van der Waals surface area contributed by atoms with Gasteiger partial charge >= 0.3 is 0 Å². The van der Waals surface area contributed by atoms with Crippen LogP contribution < -0.4 is 10.6 Å². The van der Waals surface area contributed by atoms with Gasteiger partial charge in [0.05, 0.1) is 0 Å². The van der Waals surface area contributed by atoms with E-state index in [1.807, 2.05) is 0 Å². The first-order valence-corrected chi connectivity index (χ1v) is 6.11. The highest BCUT2D eigenvalue weighted by molar-refractivity contribution is 5.82.